The van der Waals surface area contributed by atoms with Gasteiger partial charge in [0.2, 0.25) is 0 Å². The third-order valence-corrected chi connectivity index (χ3v) is 11.2. The zero-order valence-corrected chi connectivity index (χ0v) is 34.9. The first-order valence-corrected chi connectivity index (χ1v) is 20.0. The van der Waals surface area contributed by atoms with Crippen LogP contribution in [0.4, 0.5) is 0 Å². The van der Waals surface area contributed by atoms with E-state index in [4.69, 9.17) is 11.6 Å². The van der Waals surface area contributed by atoms with Crippen molar-refractivity contribution in [3.05, 3.63) is 202 Å². The van der Waals surface area contributed by atoms with Crippen LogP contribution < -0.4 is 0 Å². The number of allylic oxidation sites excluding steroid dienone is 4. The fourth-order valence-corrected chi connectivity index (χ4v) is 7.84. The molecule has 8 rings (SSSR count). The summed E-state index contributed by atoms with van der Waals surface area (Å²) in [6.07, 6.45) is 10.9. The minimum absolute atomic E-state index is 0.0380. The van der Waals surface area contributed by atoms with Crippen molar-refractivity contribution in [2.24, 2.45) is 0 Å². The summed E-state index contributed by atoms with van der Waals surface area (Å²) in [4.78, 5) is 0. The smallest absolute Gasteiger partial charge is 0.109 e. The number of hydrogen-bond donors (Lipinski definition) is 0. The molecule has 53 heavy (non-hydrogen) atoms. The molecule has 0 saturated heterocycles. The fourth-order valence-electron chi connectivity index (χ4n) is 6.86. The van der Waals surface area contributed by atoms with E-state index < -0.39 is 0 Å². The molecule has 0 heterocycles. The molecule has 0 saturated carbocycles. The van der Waals surface area contributed by atoms with E-state index in [1.807, 2.05) is 36.4 Å². The summed E-state index contributed by atoms with van der Waals surface area (Å²) < 4.78 is 1.34. The maximum atomic E-state index is 5.97. The molecule has 0 atom stereocenters. The molecule has 0 unspecified atom stereocenters. The molecule has 2 aliphatic rings. The Labute approximate surface area is 337 Å². The predicted octanol–water partition coefficient (Wildman–Crippen LogP) is 13.7. The molecular formula is C51H47ClZr. The van der Waals surface area contributed by atoms with Gasteiger partial charge in [0.05, 0.1) is 0 Å². The molecule has 0 amide bonds. The molecule has 6 aromatic rings. The standard InChI is InChI=1S/C33H33.C13H9Cl.C5H5.Zr/c1-32(2,3)30-20-26-24(18-28(30)22-13-9-7-10-14-22)17-25-19-29(23-15-11-8-12-16-23)31(21-27(25)26)33(4,5)6;14-13-8-4-7-12(10-13)9-11-5-2-1-3-6-11;1-2-4-5-3-1;/h7-16,18,20-21H,17H2,1-6H3;1-8,10H;1-3H,4H2;/q-1;;-1;+2. The van der Waals surface area contributed by atoms with Gasteiger partial charge in [-0.3, -0.25) is 6.08 Å². The van der Waals surface area contributed by atoms with Crippen LogP contribution in [0.25, 0.3) is 33.4 Å². The van der Waals surface area contributed by atoms with Gasteiger partial charge in [-0.1, -0.05) is 131 Å². The maximum absolute atomic E-state index is 5.97. The van der Waals surface area contributed by atoms with Gasteiger partial charge in [-0.15, -0.1) is 35.2 Å². The summed E-state index contributed by atoms with van der Waals surface area (Å²) in [6.45, 7) is 13.9. The predicted molar refractivity (Wildman–Crippen MR) is 224 cm³/mol. The van der Waals surface area contributed by atoms with Crippen molar-refractivity contribution in [1.29, 1.82) is 0 Å². The monoisotopic (exact) mass is 784 g/mol. The molecule has 0 N–H and O–H groups in total. The third kappa shape index (κ3) is 9.51. The molecule has 0 aromatic heterocycles. The van der Waals surface area contributed by atoms with Gasteiger partial charge in [0.1, 0.15) is 0 Å². The second-order valence-corrected chi connectivity index (χ2v) is 17.3. The van der Waals surface area contributed by atoms with Crippen molar-refractivity contribution < 1.29 is 24.2 Å². The Morgan fingerprint density at radius 3 is 1.74 bits per heavy atom. The first kappa shape index (κ1) is 38.6. The van der Waals surface area contributed by atoms with Crippen LogP contribution in [0.2, 0.25) is 5.02 Å². The number of benzene rings is 6. The Kier molecular flexibility index (Phi) is 12.3. The summed E-state index contributed by atoms with van der Waals surface area (Å²) in [5.41, 5.74) is 16.0. The van der Waals surface area contributed by atoms with E-state index >= 15 is 0 Å². The van der Waals surface area contributed by atoms with Crippen LogP contribution in [-0.4, -0.2) is 3.21 Å². The molecule has 0 radical (unpaired) electrons. The van der Waals surface area contributed by atoms with Crippen molar-refractivity contribution in [3.63, 3.8) is 0 Å². The molecule has 0 bridgehead atoms. The van der Waals surface area contributed by atoms with Crippen LogP contribution in [0, 0.1) is 12.1 Å². The Morgan fingerprint density at radius 1 is 0.604 bits per heavy atom. The summed E-state index contributed by atoms with van der Waals surface area (Å²) in [5.74, 6) is 0. The van der Waals surface area contributed by atoms with Crippen LogP contribution in [0.3, 0.4) is 0 Å². The van der Waals surface area contributed by atoms with E-state index in [9.17, 15) is 0 Å². The summed E-state index contributed by atoms with van der Waals surface area (Å²) in [6, 6.07) is 51.2. The van der Waals surface area contributed by atoms with Gasteiger partial charge in [-0.25, -0.2) is 12.2 Å². The number of halogens is 1. The van der Waals surface area contributed by atoms with Crippen LogP contribution in [-0.2, 0) is 41.5 Å². The van der Waals surface area contributed by atoms with Crippen LogP contribution in [0.1, 0.15) is 81.3 Å². The molecule has 0 aliphatic heterocycles. The average molecular weight is 787 g/mol. The Morgan fingerprint density at radius 2 is 1.19 bits per heavy atom. The van der Waals surface area contributed by atoms with E-state index in [2.05, 4.69) is 169 Å². The van der Waals surface area contributed by atoms with Crippen LogP contribution in [0.15, 0.2) is 152 Å². The van der Waals surface area contributed by atoms with Crippen LogP contribution >= 0.6 is 11.6 Å². The first-order chi connectivity index (χ1) is 25.4. The molecule has 6 aromatic carbocycles. The molecule has 0 spiro atoms. The average Bonchev–Trinajstić information content (AvgIpc) is 3.86. The van der Waals surface area contributed by atoms with E-state index in [-0.39, 0.29) is 10.8 Å². The number of hydrogen-bond acceptors (Lipinski definition) is 0. The Balaban J connectivity index is 0.000000197. The van der Waals surface area contributed by atoms with Crippen molar-refractivity contribution in [2.75, 3.05) is 0 Å². The second kappa shape index (κ2) is 16.9. The minimum atomic E-state index is 0.0380. The SMILES string of the molecule is CC(C)(C)c1cc2c([c-]c1-c1ccccc1)Cc1cc(-c3ccccc3)c(C(C)(C)C)cc1-2.Clc1cccc([C](=[Zr+2])c2ccccc2)c1.[C-]1=CC=CC1. The first-order valence-electron chi connectivity index (χ1n) is 18.4. The van der Waals surface area contributed by atoms with Gasteiger partial charge in [0.25, 0.3) is 0 Å². The Bertz CT molecular complexity index is 2130. The van der Waals surface area contributed by atoms with Gasteiger partial charge in [-0.2, -0.15) is 6.08 Å². The summed E-state index contributed by atoms with van der Waals surface area (Å²) >= 11 is 7.38. The van der Waals surface area contributed by atoms with Gasteiger partial charge in [0, 0.05) is 0 Å². The molecule has 0 fully saturated rings. The van der Waals surface area contributed by atoms with E-state index in [0.29, 0.717) is 0 Å². The summed E-state index contributed by atoms with van der Waals surface area (Å²) in [7, 11) is 0. The third-order valence-electron chi connectivity index (χ3n) is 9.58. The van der Waals surface area contributed by atoms with E-state index in [0.717, 1.165) is 17.9 Å². The van der Waals surface area contributed by atoms with E-state index in [1.54, 1.807) is 0 Å². The Hall–Kier alpha value is -4.16. The molecule has 0 nitrogen and oxygen atoms in total. The fraction of sp³-hybridized carbons (Fsp3) is 0.196. The van der Waals surface area contributed by atoms with Gasteiger partial charge in [-0.05, 0) is 39.5 Å². The number of rotatable bonds is 4. The molecular weight excluding hydrogens is 739 g/mol. The zero-order chi connectivity index (χ0) is 37.6. The molecule has 2 aliphatic carbocycles. The number of fused-ring (bicyclic) bond motifs is 3. The normalized spacial score (nSPS) is 12.6. The second-order valence-electron chi connectivity index (χ2n) is 15.7. The summed E-state index contributed by atoms with van der Waals surface area (Å²) in [5, 5.41) is 0.795. The molecule has 262 valence electrons. The molecule has 2 heteroatoms. The maximum Gasteiger partial charge on any atom is -0.109 e. The topological polar surface area (TPSA) is 0 Å². The van der Waals surface area contributed by atoms with Crippen LogP contribution in [0.5, 0.6) is 0 Å². The van der Waals surface area contributed by atoms with E-state index in [1.165, 1.54) is 94.2 Å². The van der Waals surface area contributed by atoms with Crippen molar-refractivity contribution in [2.45, 2.75) is 65.2 Å². The van der Waals surface area contributed by atoms with Crippen molar-refractivity contribution in [1.82, 2.24) is 0 Å². The van der Waals surface area contributed by atoms with Crippen molar-refractivity contribution >= 4 is 14.8 Å². The zero-order valence-electron chi connectivity index (χ0n) is 31.7. The van der Waals surface area contributed by atoms with Gasteiger partial charge < -0.3 is 0 Å². The minimum Gasteiger partial charge on any atom is -0.273 e. The van der Waals surface area contributed by atoms with Gasteiger partial charge in [0.15, 0.2) is 0 Å². The van der Waals surface area contributed by atoms with Gasteiger partial charge >= 0.3 is 110 Å². The van der Waals surface area contributed by atoms with Crippen molar-refractivity contribution in [3.8, 4) is 33.4 Å². The largest absolute Gasteiger partial charge is 0.273 e. The quantitative estimate of drug-likeness (QED) is 0.156.